The van der Waals surface area contributed by atoms with Crippen LogP contribution in [-0.4, -0.2) is 29.9 Å². The fourth-order valence-electron chi connectivity index (χ4n) is 3.23. The van der Waals surface area contributed by atoms with E-state index in [0.29, 0.717) is 25.9 Å². The number of hydrogen-bond acceptors (Lipinski definition) is 2. The predicted octanol–water partition coefficient (Wildman–Crippen LogP) is 4.57. The number of carbonyl (C=O) groups is 2. The van der Waals surface area contributed by atoms with Crippen LogP contribution in [0.2, 0.25) is 0 Å². The monoisotopic (exact) mass is 429 g/mol. The van der Waals surface area contributed by atoms with Gasteiger partial charge in [-0.3, -0.25) is 4.79 Å². The minimum absolute atomic E-state index is 0.0370. The summed E-state index contributed by atoms with van der Waals surface area (Å²) >= 11 is 3.42. The lowest BCUT2D eigenvalue weighted by atomic mass is 9.95. The summed E-state index contributed by atoms with van der Waals surface area (Å²) in [4.78, 5) is 26.7. The van der Waals surface area contributed by atoms with E-state index in [1.54, 1.807) is 4.90 Å². The fraction of sp³-hybridized carbons (Fsp3) is 0.333. The SMILES string of the molecule is CC(NC(=O)C1CCN(C(=O)Nc2ccccc2)CC1)c1ccc(Br)cc1. The summed E-state index contributed by atoms with van der Waals surface area (Å²) in [6.45, 7) is 3.16. The van der Waals surface area contributed by atoms with E-state index >= 15 is 0 Å². The number of piperidine rings is 1. The molecule has 2 N–H and O–H groups in total. The number of halogens is 1. The molecule has 0 bridgehead atoms. The number of para-hydroxylation sites is 1. The first-order chi connectivity index (χ1) is 13.0. The summed E-state index contributed by atoms with van der Waals surface area (Å²) in [5.74, 6) is 0.0113. The normalized spacial score (nSPS) is 15.9. The molecular weight excluding hydrogens is 406 g/mol. The number of anilines is 1. The van der Waals surface area contributed by atoms with Crippen LogP contribution < -0.4 is 10.6 Å². The first-order valence-corrected chi connectivity index (χ1v) is 9.99. The third-order valence-corrected chi connectivity index (χ3v) is 5.44. The highest BCUT2D eigenvalue weighted by molar-refractivity contribution is 9.10. The van der Waals surface area contributed by atoms with E-state index in [2.05, 4.69) is 26.6 Å². The Balaban J connectivity index is 1.47. The van der Waals surface area contributed by atoms with Gasteiger partial charge in [0.2, 0.25) is 5.91 Å². The number of nitrogens with one attached hydrogen (secondary N) is 2. The standard InChI is InChI=1S/C21H24BrN3O2/c1-15(16-7-9-18(22)10-8-16)23-20(26)17-11-13-25(14-12-17)21(27)24-19-5-3-2-4-6-19/h2-10,15,17H,11-14H2,1H3,(H,23,26)(H,24,27). The maximum absolute atomic E-state index is 12.6. The maximum Gasteiger partial charge on any atom is 0.321 e. The number of benzene rings is 2. The molecule has 1 fully saturated rings. The molecule has 5 nitrogen and oxygen atoms in total. The predicted molar refractivity (Wildman–Crippen MR) is 110 cm³/mol. The lowest BCUT2D eigenvalue weighted by Crippen LogP contribution is -2.44. The van der Waals surface area contributed by atoms with Crippen molar-refractivity contribution in [3.63, 3.8) is 0 Å². The molecule has 0 saturated carbocycles. The molecule has 0 radical (unpaired) electrons. The zero-order valence-electron chi connectivity index (χ0n) is 15.3. The van der Waals surface area contributed by atoms with Crippen molar-refractivity contribution in [1.82, 2.24) is 10.2 Å². The molecule has 1 aliphatic rings. The van der Waals surface area contributed by atoms with E-state index in [0.717, 1.165) is 15.7 Å². The zero-order valence-corrected chi connectivity index (χ0v) is 16.9. The molecule has 2 aromatic carbocycles. The van der Waals surface area contributed by atoms with Crippen LogP contribution in [0, 0.1) is 5.92 Å². The largest absolute Gasteiger partial charge is 0.349 e. The van der Waals surface area contributed by atoms with Crippen LogP contribution >= 0.6 is 15.9 Å². The van der Waals surface area contributed by atoms with Gasteiger partial charge in [0.25, 0.3) is 0 Å². The zero-order chi connectivity index (χ0) is 19.2. The Morgan fingerprint density at radius 2 is 1.67 bits per heavy atom. The number of hydrogen-bond donors (Lipinski definition) is 2. The molecule has 0 spiro atoms. The number of amides is 3. The van der Waals surface area contributed by atoms with E-state index in [9.17, 15) is 9.59 Å². The molecular formula is C21H24BrN3O2. The van der Waals surface area contributed by atoms with Gasteiger partial charge in [-0.1, -0.05) is 46.3 Å². The first-order valence-electron chi connectivity index (χ1n) is 9.20. The number of urea groups is 1. The van der Waals surface area contributed by atoms with Crippen molar-refractivity contribution in [2.45, 2.75) is 25.8 Å². The van der Waals surface area contributed by atoms with Crippen LogP contribution in [0.5, 0.6) is 0 Å². The second kappa shape index (κ2) is 9.04. The second-order valence-corrected chi connectivity index (χ2v) is 7.76. The highest BCUT2D eigenvalue weighted by Gasteiger charge is 2.28. The highest BCUT2D eigenvalue weighted by atomic mass is 79.9. The molecule has 27 heavy (non-hydrogen) atoms. The third-order valence-electron chi connectivity index (χ3n) is 4.91. The summed E-state index contributed by atoms with van der Waals surface area (Å²) in [6, 6.07) is 17.2. The van der Waals surface area contributed by atoms with Crippen LogP contribution in [0.3, 0.4) is 0 Å². The van der Waals surface area contributed by atoms with Gasteiger partial charge in [-0.05, 0) is 49.6 Å². The van der Waals surface area contributed by atoms with Gasteiger partial charge in [0.15, 0.2) is 0 Å². The molecule has 3 amide bonds. The van der Waals surface area contributed by atoms with Crippen molar-refractivity contribution >= 4 is 33.6 Å². The van der Waals surface area contributed by atoms with E-state index in [4.69, 9.17) is 0 Å². The van der Waals surface area contributed by atoms with Crippen molar-refractivity contribution in [3.05, 3.63) is 64.6 Å². The lowest BCUT2D eigenvalue weighted by molar-refractivity contribution is -0.126. The molecule has 1 aliphatic heterocycles. The minimum Gasteiger partial charge on any atom is -0.349 e. The summed E-state index contributed by atoms with van der Waals surface area (Å²) in [5, 5.41) is 5.99. The van der Waals surface area contributed by atoms with Gasteiger partial charge >= 0.3 is 6.03 Å². The summed E-state index contributed by atoms with van der Waals surface area (Å²) in [6.07, 6.45) is 1.36. The van der Waals surface area contributed by atoms with Crippen molar-refractivity contribution in [2.24, 2.45) is 5.92 Å². The summed E-state index contributed by atoms with van der Waals surface area (Å²) < 4.78 is 1.02. The van der Waals surface area contributed by atoms with Gasteiger partial charge in [0.1, 0.15) is 0 Å². The topological polar surface area (TPSA) is 61.4 Å². The van der Waals surface area contributed by atoms with E-state index in [1.807, 2.05) is 61.5 Å². The summed E-state index contributed by atoms with van der Waals surface area (Å²) in [5.41, 5.74) is 1.86. The van der Waals surface area contributed by atoms with Crippen molar-refractivity contribution in [3.8, 4) is 0 Å². The van der Waals surface area contributed by atoms with Gasteiger partial charge < -0.3 is 15.5 Å². The van der Waals surface area contributed by atoms with E-state index < -0.39 is 0 Å². The van der Waals surface area contributed by atoms with Gasteiger partial charge in [-0.2, -0.15) is 0 Å². The van der Waals surface area contributed by atoms with Gasteiger partial charge in [-0.25, -0.2) is 4.79 Å². The molecule has 1 atom stereocenters. The number of likely N-dealkylation sites (tertiary alicyclic amines) is 1. The van der Waals surface area contributed by atoms with Crippen LogP contribution in [0.25, 0.3) is 0 Å². The Morgan fingerprint density at radius 1 is 1.04 bits per heavy atom. The maximum atomic E-state index is 12.6. The number of rotatable bonds is 4. The third kappa shape index (κ3) is 5.32. The van der Waals surface area contributed by atoms with Crippen molar-refractivity contribution < 1.29 is 9.59 Å². The van der Waals surface area contributed by atoms with Crippen molar-refractivity contribution in [2.75, 3.05) is 18.4 Å². The molecule has 0 aliphatic carbocycles. The molecule has 3 rings (SSSR count). The highest BCUT2D eigenvalue weighted by Crippen LogP contribution is 2.21. The second-order valence-electron chi connectivity index (χ2n) is 6.84. The molecule has 142 valence electrons. The first kappa shape index (κ1) is 19.4. The molecule has 6 heteroatoms. The molecule has 2 aromatic rings. The van der Waals surface area contributed by atoms with Crippen LogP contribution in [-0.2, 0) is 4.79 Å². The van der Waals surface area contributed by atoms with Crippen LogP contribution in [0.4, 0.5) is 10.5 Å². The van der Waals surface area contributed by atoms with Gasteiger partial charge in [0, 0.05) is 29.2 Å². The molecule has 1 unspecified atom stereocenters. The van der Waals surface area contributed by atoms with Crippen LogP contribution in [0.1, 0.15) is 31.4 Å². The van der Waals surface area contributed by atoms with Crippen molar-refractivity contribution in [1.29, 1.82) is 0 Å². The quantitative estimate of drug-likeness (QED) is 0.747. The Labute approximate surface area is 168 Å². The van der Waals surface area contributed by atoms with Gasteiger partial charge in [0.05, 0.1) is 6.04 Å². The number of nitrogens with zero attached hydrogens (tertiary/aromatic N) is 1. The lowest BCUT2D eigenvalue weighted by Gasteiger charge is -2.32. The Kier molecular flexibility index (Phi) is 6.50. The average Bonchev–Trinajstić information content (AvgIpc) is 2.69. The average molecular weight is 430 g/mol. The van der Waals surface area contributed by atoms with Crippen LogP contribution in [0.15, 0.2) is 59.1 Å². The molecule has 0 aromatic heterocycles. The molecule has 1 heterocycles. The Hall–Kier alpha value is -2.34. The van der Waals surface area contributed by atoms with Gasteiger partial charge in [-0.15, -0.1) is 0 Å². The molecule has 1 saturated heterocycles. The van der Waals surface area contributed by atoms with E-state index in [-0.39, 0.29) is 23.9 Å². The van der Waals surface area contributed by atoms with E-state index in [1.165, 1.54) is 0 Å². The number of carbonyl (C=O) groups excluding carboxylic acids is 2. The Morgan fingerprint density at radius 3 is 2.30 bits per heavy atom. The Bertz CT molecular complexity index is 772. The minimum atomic E-state index is -0.108. The smallest absolute Gasteiger partial charge is 0.321 e. The fourth-order valence-corrected chi connectivity index (χ4v) is 3.50. The summed E-state index contributed by atoms with van der Waals surface area (Å²) in [7, 11) is 0.